The number of anilines is 1. The van der Waals surface area contributed by atoms with Gasteiger partial charge in [-0.05, 0) is 25.5 Å². The van der Waals surface area contributed by atoms with E-state index in [-0.39, 0.29) is 17.9 Å². The van der Waals surface area contributed by atoms with Crippen molar-refractivity contribution in [1.82, 2.24) is 9.55 Å². The molecule has 0 unspecified atom stereocenters. The third-order valence-corrected chi connectivity index (χ3v) is 2.97. The van der Waals surface area contributed by atoms with Gasteiger partial charge in [-0.2, -0.15) is 0 Å². The maximum absolute atomic E-state index is 13.5. The molecule has 20 heavy (non-hydrogen) atoms. The maximum Gasteiger partial charge on any atom is 0.338 e. The van der Waals surface area contributed by atoms with E-state index in [2.05, 4.69) is 4.98 Å². The number of aromatic nitrogens is 2. The number of rotatable bonds is 5. The summed E-state index contributed by atoms with van der Waals surface area (Å²) in [6, 6.07) is 2.57. The van der Waals surface area contributed by atoms with Crippen molar-refractivity contribution in [3.05, 3.63) is 47.8 Å². The summed E-state index contributed by atoms with van der Waals surface area (Å²) >= 11 is 0. The number of aryl methyl sites for hydroxylation is 1. The minimum atomic E-state index is -0.568. The molecule has 0 aliphatic carbocycles. The molecule has 106 valence electrons. The van der Waals surface area contributed by atoms with Gasteiger partial charge in [-0.1, -0.05) is 0 Å². The molecule has 0 radical (unpaired) electrons. The molecule has 0 amide bonds. The van der Waals surface area contributed by atoms with Crippen LogP contribution >= 0.6 is 0 Å². The van der Waals surface area contributed by atoms with Crippen LogP contribution in [-0.2, 0) is 11.3 Å². The minimum Gasteiger partial charge on any atom is -0.462 e. The zero-order valence-electron chi connectivity index (χ0n) is 11.2. The Hall–Kier alpha value is -2.37. The van der Waals surface area contributed by atoms with Crippen molar-refractivity contribution in [1.29, 1.82) is 0 Å². The van der Waals surface area contributed by atoms with Crippen LogP contribution in [0.3, 0.4) is 0 Å². The van der Waals surface area contributed by atoms with E-state index in [4.69, 9.17) is 10.5 Å². The molecule has 1 aromatic heterocycles. The number of nitrogen functional groups attached to an aromatic ring is 1. The fraction of sp³-hybridized carbons (Fsp3) is 0.286. The van der Waals surface area contributed by atoms with Gasteiger partial charge in [-0.25, -0.2) is 14.2 Å². The number of imidazole rings is 1. The first kappa shape index (κ1) is 14.0. The van der Waals surface area contributed by atoms with Crippen LogP contribution < -0.4 is 5.73 Å². The van der Waals surface area contributed by atoms with Crippen molar-refractivity contribution < 1.29 is 13.9 Å². The molecule has 0 spiro atoms. The van der Waals surface area contributed by atoms with E-state index in [9.17, 15) is 9.18 Å². The lowest BCUT2D eigenvalue weighted by atomic mass is 10.1. The van der Waals surface area contributed by atoms with Crippen LogP contribution in [-0.4, -0.2) is 22.1 Å². The normalized spacial score (nSPS) is 10.5. The Labute approximate surface area is 116 Å². The molecule has 0 saturated heterocycles. The van der Waals surface area contributed by atoms with Gasteiger partial charge in [0.05, 0.1) is 18.5 Å². The smallest absolute Gasteiger partial charge is 0.338 e. The number of nitrogens with two attached hydrogens (primary N) is 1. The van der Waals surface area contributed by atoms with Gasteiger partial charge >= 0.3 is 5.97 Å². The summed E-state index contributed by atoms with van der Waals surface area (Å²) < 4.78 is 20.4. The number of hydrogen-bond acceptors (Lipinski definition) is 4. The Kier molecular flexibility index (Phi) is 4.34. The van der Waals surface area contributed by atoms with E-state index >= 15 is 0 Å². The van der Waals surface area contributed by atoms with E-state index in [1.54, 1.807) is 19.4 Å². The van der Waals surface area contributed by atoms with E-state index in [1.165, 1.54) is 6.07 Å². The summed E-state index contributed by atoms with van der Waals surface area (Å²) in [5, 5.41) is 0. The number of carbonyl (C=O) groups is 1. The highest BCUT2D eigenvalue weighted by molar-refractivity contribution is 5.90. The van der Waals surface area contributed by atoms with Crippen LogP contribution in [0.15, 0.2) is 30.9 Å². The summed E-state index contributed by atoms with van der Waals surface area (Å²) in [5.41, 5.74) is 6.33. The third-order valence-electron chi connectivity index (χ3n) is 2.97. The Bertz CT molecular complexity index is 573. The summed E-state index contributed by atoms with van der Waals surface area (Å²) in [5.74, 6) is -1.07. The Morgan fingerprint density at radius 2 is 2.30 bits per heavy atom. The number of benzene rings is 1. The Balaban J connectivity index is 1.86. The molecule has 0 atom stereocenters. The van der Waals surface area contributed by atoms with Crippen molar-refractivity contribution in [2.45, 2.75) is 19.9 Å². The lowest BCUT2D eigenvalue weighted by Crippen LogP contribution is -2.10. The zero-order chi connectivity index (χ0) is 14.5. The number of hydrogen-bond donors (Lipinski definition) is 1. The largest absolute Gasteiger partial charge is 0.462 e. The zero-order valence-corrected chi connectivity index (χ0v) is 11.2. The molecular formula is C14H16FN3O2. The van der Waals surface area contributed by atoms with Crippen molar-refractivity contribution in [2.75, 3.05) is 12.3 Å². The summed E-state index contributed by atoms with van der Waals surface area (Å²) in [7, 11) is 0. The maximum atomic E-state index is 13.5. The second-order valence-electron chi connectivity index (χ2n) is 4.46. The number of esters is 1. The molecule has 0 fully saturated rings. The quantitative estimate of drug-likeness (QED) is 0.516. The van der Waals surface area contributed by atoms with Gasteiger partial charge in [0.1, 0.15) is 5.82 Å². The highest BCUT2D eigenvalue weighted by atomic mass is 19.1. The Morgan fingerprint density at radius 1 is 1.50 bits per heavy atom. The molecule has 1 heterocycles. The minimum absolute atomic E-state index is 0.133. The predicted octanol–water partition coefficient (Wildman–Crippen LogP) is 2.16. The summed E-state index contributed by atoms with van der Waals surface area (Å²) in [6.07, 6.45) is 5.87. The van der Waals surface area contributed by atoms with Crippen LogP contribution in [0, 0.1) is 12.7 Å². The van der Waals surface area contributed by atoms with Gasteiger partial charge in [0.2, 0.25) is 0 Å². The summed E-state index contributed by atoms with van der Waals surface area (Å²) in [4.78, 5) is 15.7. The van der Waals surface area contributed by atoms with E-state index in [1.807, 2.05) is 10.8 Å². The van der Waals surface area contributed by atoms with Gasteiger partial charge in [0, 0.05) is 30.2 Å². The molecule has 6 heteroatoms. The van der Waals surface area contributed by atoms with Crippen LogP contribution in [0.2, 0.25) is 0 Å². The Morgan fingerprint density at radius 3 is 2.95 bits per heavy atom. The monoisotopic (exact) mass is 277 g/mol. The standard InChI is InChI=1S/C14H16FN3O2/c1-10-12(15)7-11(8-13(10)16)14(19)20-6-2-4-18-5-3-17-9-18/h3,5,7-9H,2,4,6,16H2,1H3. The van der Waals surface area contributed by atoms with Crippen LogP contribution in [0.4, 0.5) is 10.1 Å². The number of carbonyl (C=O) groups excluding carboxylic acids is 1. The molecule has 2 aromatic rings. The molecule has 2 rings (SSSR count). The van der Waals surface area contributed by atoms with Crippen LogP contribution in [0.5, 0.6) is 0 Å². The van der Waals surface area contributed by atoms with Gasteiger partial charge < -0.3 is 15.0 Å². The molecule has 0 aliphatic rings. The SMILES string of the molecule is Cc1c(N)cc(C(=O)OCCCn2ccnc2)cc1F. The van der Waals surface area contributed by atoms with Crippen LogP contribution in [0.25, 0.3) is 0 Å². The highest BCUT2D eigenvalue weighted by Gasteiger charge is 2.12. The lowest BCUT2D eigenvalue weighted by Gasteiger charge is -2.08. The third kappa shape index (κ3) is 3.34. The predicted molar refractivity (Wildman–Crippen MR) is 72.7 cm³/mol. The molecule has 0 saturated carbocycles. The number of nitrogens with zero attached hydrogens (tertiary/aromatic N) is 2. The topological polar surface area (TPSA) is 70.1 Å². The van der Waals surface area contributed by atoms with Crippen LogP contribution in [0.1, 0.15) is 22.3 Å². The molecule has 1 aromatic carbocycles. The second-order valence-corrected chi connectivity index (χ2v) is 4.46. The van der Waals surface area contributed by atoms with Crippen molar-refractivity contribution >= 4 is 11.7 Å². The fourth-order valence-electron chi connectivity index (χ4n) is 1.73. The van der Waals surface area contributed by atoms with E-state index < -0.39 is 11.8 Å². The fourth-order valence-corrected chi connectivity index (χ4v) is 1.73. The van der Waals surface area contributed by atoms with Crippen molar-refractivity contribution in [2.24, 2.45) is 0 Å². The number of halogens is 1. The molecule has 5 nitrogen and oxygen atoms in total. The average molecular weight is 277 g/mol. The first-order valence-corrected chi connectivity index (χ1v) is 6.26. The van der Waals surface area contributed by atoms with E-state index in [0.29, 0.717) is 18.5 Å². The van der Waals surface area contributed by atoms with Gasteiger partial charge in [-0.15, -0.1) is 0 Å². The average Bonchev–Trinajstić information content (AvgIpc) is 2.93. The molecule has 0 bridgehead atoms. The van der Waals surface area contributed by atoms with Gasteiger partial charge in [-0.3, -0.25) is 0 Å². The summed E-state index contributed by atoms with van der Waals surface area (Å²) in [6.45, 7) is 2.52. The van der Waals surface area contributed by atoms with Crippen molar-refractivity contribution in [3.63, 3.8) is 0 Å². The molecular weight excluding hydrogens is 261 g/mol. The first-order valence-electron chi connectivity index (χ1n) is 6.26. The lowest BCUT2D eigenvalue weighted by molar-refractivity contribution is 0.0495. The van der Waals surface area contributed by atoms with Crippen molar-refractivity contribution in [3.8, 4) is 0 Å². The van der Waals surface area contributed by atoms with Gasteiger partial charge in [0.25, 0.3) is 0 Å². The molecule has 0 aliphatic heterocycles. The first-order chi connectivity index (χ1) is 9.58. The molecule has 2 N–H and O–H groups in total. The highest BCUT2D eigenvalue weighted by Crippen LogP contribution is 2.18. The second kappa shape index (κ2) is 6.18. The van der Waals surface area contributed by atoms with E-state index in [0.717, 1.165) is 6.07 Å². The van der Waals surface area contributed by atoms with Gasteiger partial charge in [0.15, 0.2) is 0 Å². The number of ether oxygens (including phenoxy) is 1.